The van der Waals surface area contributed by atoms with E-state index in [9.17, 15) is 9.59 Å². The summed E-state index contributed by atoms with van der Waals surface area (Å²) in [6.45, 7) is 0.577. The van der Waals surface area contributed by atoms with Gasteiger partial charge in [-0.05, 0) is 29.3 Å². The van der Waals surface area contributed by atoms with Crippen LogP contribution in [0, 0.1) is 0 Å². The molecule has 2 amide bonds. The van der Waals surface area contributed by atoms with E-state index in [1.54, 1.807) is 31.0 Å². The normalized spacial score (nSPS) is 15.7. The third-order valence-corrected chi connectivity index (χ3v) is 5.30. The third kappa shape index (κ3) is 4.58. The van der Waals surface area contributed by atoms with E-state index in [0.717, 1.165) is 17.1 Å². The van der Waals surface area contributed by atoms with Gasteiger partial charge in [0, 0.05) is 30.2 Å². The number of amides is 2. The molecule has 6 heteroatoms. The molecule has 5 nitrogen and oxygen atoms in total. The molecule has 136 valence electrons. The fourth-order valence-corrected chi connectivity index (χ4v) is 3.75. The van der Waals surface area contributed by atoms with Gasteiger partial charge in [-0.3, -0.25) is 9.59 Å². The van der Waals surface area contributed by atoms with Gasteiger partial charge in [0.1, 0.15) is 5.75 Å². The van der Waals surface area contributed by atoms with E-state index in [-0.39, 0.29) is 18.2 Å². The zero-order valence-corrected chi connectivity index (χ0v) is 15.5. The molecule has 1 atom stereocenters. The maximum atomic E-state index is 12.6. The van der Waals surface area contributed by atoms with Gasteiger partial charge in [-0.25, -0.2) is 0 Å². The van der Waals surface area contributed by atoms with Crippen LogP contribution >= 0.6 is 11.8 Å². The molecule has 0 aromatic heterocycles. The van der Waals surface area contributed by atoms with Crippen molar-refractivity contribution in [1.29, 1.82) is 0 Å². The summed E-state index contributed by atoms with van der Waals surface area (Å²) in [6.07, 6.45) is 0.156. The number of carbonyl (C=O) groups excluding carboxylic acids is 2. The van der Waals surface area contributed by atoms with Crippen molar-refractivity contribution in [3.63, 3.8) is 0 Å². The highest BCUT2D eigenvalue weighted by Gasteiger charge is 2.30. The van der Waals surface area contributed by atoms with Crippen LogP contribution in [0.25, 0.3) is 0 Å². The zero-order chi connectivity index (χ0) is 18.4. The fourth-order valence-electron chi connectivity index (χ4n) is 2.93. The Bertz CT molecular complexity index is 780. The lowest BCUT2D eigenvalue weighted by Crippen LogP contribution is -2.36. The lowest BCUT2D eigenvalue weighted by atomic mass is 9.89. The number of carbonyl (C=O) groups is 2. The van der Waals surface area contributed by atoms with Crippen LogP contribution in [0.3, 0.4) is 0 Å². The Hall–Kier alpha value is -2.47. The van der Waals surface area contributed by atoms with Gasteiger partial charge in [0.25, 0.3) is 0 Å². The summed E-state index contributed by atoms with van der Waals surface area (Å²) in [5.41, 5.74) is 2.76. The first-order chi connectivity index (χ1) is 12.7. The van der Waals surface area contributed by atoms with Crippen molar-refractivity contribution in [2.24, 2.45) is 0 Å². The molecule has 0 fully saturated rings. The number of hydrogen-bond acceptors (Lipinski definition) is 4. The van der Waals surface area contributed by atoms with Crippen LogP contribution in [0.4, 0.5) is 5.69 Å². The van der Waals surface area contributed by atoms with Gasteiger partial charge < -0.3 is 15.4 Å². The largest absolute Gasteiger partial charge is 0.497 e. The van der Waals surface area contributed by atoms with Crippen LogP contribution in [0.5, 0.6) is 5.75 Å². The molecule has 0 bridgehead atoms. The Morgan fingerprint density at radius 3 is 2.85 bits per heavy atom. The summed E-state index contributed by atoms with van der Waals surface area (Å²) in [5.74, 6) is 1.69. The lowest BCUT2D eigenvalue weighted by molar-refractivity contribution is -0.126. The second-order valence-electron chi connectivity index (χ2n) is 6.09. The Labute approximate surface area is 157 Å². The number of rotatable bonds is 7. The van der Waals surface area contributed by atoms with Crippen LogP contribution in [-0.4, -0.2) is 31.2 Å². The monoisotopic (exact) mass is 370 g/mol. The number of benzene rings is 2. The van der Waals surface area contributed by atoms with E-state index in [4.69, 9.17) is 4.74 Å². The molecule has 3 rings (SSSR count). The predicted molar refractivity (Wildman–Crippen MR) is 105 cm³/mol. The maximum Gasteiger partial charge on any atom is 0.228 e. The first-order valence-electron chi connectivity index (χ1n) is 8.54. The molecule has 0 aliphatic carbocycles. The molecule has 0 spiro atoms. The smallest absolute Gasteiger partial charge is 0.228 e. The molecule has 2 N–H and O–H groups in total. The molecule has 0 unspecified atom stereocenters. The van der Waals surface area contributed by atoms with Gasteiger partial charge in [0.2, 0.25) is 11.8 Å². The second-order valence-corrected chi connectivity index (χ2v) is 7.19. The van der Waals surface area contributed by atoms with Crippen LogP contribution in [0.1, 0.15) is 23.5 Å². The van der Waals surface area contributed by atoms with E-state index in [1.807, 2.05) is 24.3 Å². The minimum atomic E-state index is -0.479. The SMILES string of the molecule is COc1ccc2c(c1)[C@@H](C(=O)NCCSCc1ccccc1)CC(=O)N2. The molecule has 0 saturated carbocycles. The van der Waals surface area contributed by atoms with Crippen LogP contribution < -0.4 is 15.4 Å². The van der Waals surface area contributed by atoms with Crippen LogP contribution in [-0.2, 0) is 15.3 Å². The molecule has 1 aliphatic rings. The minimum Gasteiger partial charge on any atom is -0.497 e. The number of thioether (sulfide) groups is 1. The molecular weight excluding hydrogens is 348 g/mol. The van der Waals surface area contributed by atoms with Crippen molar-refractivity contribution in [2.45, 2.75) is 18.1 Å². The highest BCUT2D eigenvalue weighted by Crippen LogP contribution is 2.35. The topological polar surface area (TPSA) is 67.4 Å². The van der Waals surface area contributed by atoms with Gasteiger partial charge >= 0.3 is 0 Å². The standard InChI is InChI=1S/C20H22N2O3S/c1-25-15-7-8-18-16(11-15)17(12-19(23)22-18)20(24)21-9-10-26-13-14-5-3-2-4-6-14/h2-8,11,17H,9-10,12-13H2,1H3,(H,21,24)(H,22,23)/t17-/m0/s1. The predicted octanol–water partition coefficient (Wildman–Crippen LogP) is 3.17. The number of methoxy groups -OCH3 is 1. The van der Waals surface area contributed by atoms with Gasteiger partial charge in [0.15, 0.2) is 0 Å². The molecule has 2 aromatic rings. The summed E-state index contributed by atoms with van der Waals surface area (Å²) in [6, 6.07) is 15.6. The van der Waals surface area contributed by atoms with Crippen molar-refractivity contribution in [1.82, 2.24) is 5.32 Å². The van der Waals surface area contributed by atoms with Gasteiger partial charge in [-0.2, -0.15) is 11.8 Å². The highest BCUT2D eigenvalue weighted by atomic mass is 32.2. The number of hydrogen-bond donors (Lipinski definition) is 2. The number of anilines is 1. The maximum absolute atomic E-state index is 12.6. The van der Waals surface area contributed by atoms with Crippen molar-refractivity contribution >= 4 is 29.3 Å². The highest BCUT2D eigenvalue weighted by molar-refractivity contribution is 7.98. The Morgan fingerprint density at radius 1 is 1.27 bits per heavy atom. The van der Waals surface area contributed by atoms with Gasteiger partial charge in [0.05, 0.1) is 13.0 Å². The third-order valence-electron chi connectivity index (χ3n) is 4.27. The average molecular weight is 370 g/mol. The number of fused-ring (bicyclic) bond motifs is 1. The van der Waals surface area contributed by atoms with Gasteiger partial charge in [-0.1, -0.05) is 30.3 Å². The molecule has 1 heterocycles. The fraction of sp³-hybridized carbons (Fsp3) is 0.300. The number of nitrogens with one attached hydrogen (secondary N) is 2. The summed E-state index contributed by atoms with van der Waals surface area (Å²) in [4.78, 5) is 24.5. The summed E-state index contributed by atoms with van der Waals surface area (Å²) in [5, 5.41) is 5.77. The van der Waals surface area contributed by atoms with Gasteiger partial charge in [-0.15, -0.1) is 0 Å². The van der Waals surface area contributed by atoms with Crippen LogP contribution in [0.2, 0.25) is 0 Å². The summed E-state index contributed by atoms with van der Waals surface area (Å²) < 4.78 is 5.24. The minimum absolute atomic E-state index is 0.116. The Morgan fingerprint density at radius 2 is 2.08 bits per heavy atom. The summed E-state index contributed by atoms with van der Waals surface area (Å²) >= 11 is 1.77. The second kappa shape index (κ2) is 8.76. The molecular formula is C20H22N2O3S. The average Bonchev–Trinajstić information content (AvgIpc) is 2.67. The molecule has 0 saturated heterocycles. The zero-order valence-electron chi connectivity index (χ0n) is 14.7. The van der Waals surface area contributed by atoms with E-state index >= 15 is 0 Å². The first-order valence-corrected chi connectivity index (χ1v) is 9.70. The van der Waals surface area contributed by atoms with Crippen molar-refractivity contribution in [3.8, 4) is 5.75 Å². The van der Waals surface area contributed by atoms with Crippen molar-refractivity contribution in [2.75, 3.05) is 24.7 Å². The number of ether oxygens (including phenoxy) is 1. The lowest BCUT2D eigenvalue weighted by Gasteiger charge is -2.25. The molecule has 2 aromatic carbocycles. The van der Waals surface area contributed by atoms with Crippen LogP contribution in [0.15, 0.2) is 48.5 Å². The first kappa shape index (κ1) is 18.3. The van der Waals surface area contributed by atoms with E-state index in [1.165, 1.54) is 5.56 Å². The van der Waals surface area contributed by atoms with E-state index in [2.05, 4.69) is 22.8 Å². The quantitative estimate of drug-likeness (QED) is 0.735. The molecule has 26 heavy (non-hydrogen) atoms. The van der Waals surface area contributed by atoms with E-state index < -0.39 is 5.92 Å². The Kier molecular flexibility index (Phi) is 6.17. The Balaban J connectivity index is 1.54. The van der Waals surface area contributed by atoms with Crippen molar-refractivity contribution in [3.05, 3.63) is 59.7 Å². The van der Waals surface area contributed by atoms with Crippen molar-refractivity contribution < 1.29 is 14.3 Å². The van der Waals surface area contributed by atoms with E-state index in [0.29, 0.717) is 18.0 Å². The molecule has 1 aliphatic heterocycles. The molecule has 0 radical (unpaired) electrons. The summed E-state index contributed by atoms with van der Waals surface area (Å²) in [7, 11) is 1.59.